The highest BCUT2D eigenvalue weighted by Crippen LogP contribution is 2.21. The van der Waals surface area contributed by atoms with Crippen molar-refractivity contribution in [3.8, 4) is 0 Å². The van der Waals surface area contributed by atoms with Crippen molar-refractivity contribution in [3.05, 3.63) is 78.5 Å². The van der Waals surface area contributed by atoms with Crippen LogP contribution in [0.4, 0.5) is 5.69 Å². The molecule has 0 saturated carbocycles. The molecule has 2 atom stereocenters. The highest BCUT2D eigenvalue weighted by molar-refractivity contribution is 8.00. The van der Waals surface area contributed by atoms with Gasteiger partial charge in [-0.1, -0.05) is 50.8 Å². The minimum absolute atomic E-state index is 0.0349. The number of amidine groups is 1. The third-order valence-electron chi connectivity index (χ3n) is 4.99. The molecule has 0 bridgehead atoms. The fraction of sp³-hybridized carbons (Fsp3) is 0.296. The Labute approximate surface area is 205 Å². The van der Waals surface area contributed by atoms with Crippen molar-refractivity contribution in [2.45, 2.75) is 37.8 Å². The number of aliphatic imine (C=N–C) groups is 1. The first kappa shape index (κ1) is 28.9. The maximum absolute atomic E-state index is 13.2. The molecule has 2 aromatic rings. The van der Waals surface area contributed by atoms with Gasteiger partial charge in [0.2, 0.25) is 0 Å². The Morgan fingerprint density at radius 1 is 1.15 bits per heavy atom. The number of nitrogens with one attached hydrogen (secondary N) is 1. The molecular formula is C27H38N4O2S. The number of allylic oxidation sites excluding steroid dienone is 1. The van der Waals surface area contributed by atoms with Crippen LogP contribution in [0.25, 0.3) is 5.57 Å². The quantitative estimate of drug-likeness (QED) is 0.236. The van der Waals surface area contributed by atoms with Gasteiger partial charge in [0, 0.05) is 28.6 Å². The number of hydrogen-bond donors (Lipinski definition) is 2. The van der Waals surface area contributed by atoms with E-state index >= 15 is 0 Å². The first-order valence-electron chi connectivity index (χ1n) is 11.2. The highest BCUT2D eigenvalue weighted by atomic mass is 32.2. The zero-order chi connectivity index (χ0) is 25.9. The minimum atomic E-state index is -2.41. The summed E-state index contributed by atoms with van der Waals surface area (Å²) in [5.74, 6) is 3.62. The second-order valence-corrected chi connectivity index (χ2v) is 10.7. The second kappa shape index (κ2) is 13.5. The normalized spacial score (nSPS) is 14.4. The number of hydrogen-bond acceptors (Lipinski definition) is 4. The van der Waals surface area contributed by atoms with Crippen molar-refractivity contribution in [3.63, 3.8) is 0 Å². The van der Waals surface area contributed by atoms with Gasteiger partial charge in [0.15, 0.2) is 0 Å². The lowest BCUT2D eigenvalue weighted by molar-refractivity contribution is -0.112. The lowest BCUT2D eigenvalue weighted by Crippen LogP contribution is -2.30. The molecule has 0 aliphatic heterocycles. The van der Waals surface area contributed by atoms with Gasteiger partial charge in [-0.2, -0.15) is 0 Å². The fourth-order valence-electron chi connectivity index (χ4n) is 2.98. The van der Waals surface area contributed by atoms with Crippen molar-refractivity contribution >= 4 is 38.4 Å². The van der Waals surface area contributed by atoms with Crippen LogP contribution in [0.5, 0.6) is 0 Å². The molecule has 1 amide bonds. The second-order valence-electron chi connectivity index (χ2n) is 7.95. The van der Waals surface area contributed by atoms with Crippen LogP contribution in [0.1, 0.15) is 33.3 Å². The molecule has 184 valence electrons. The van der Waals surface area contributed by atoms with Gasteiger partial charge in [0.25, 0.3) is 5.91 Å². The van der Waals surface area contributed by atoms with Crippen molar-refractivity contribution in [1.82, 2.24) is 4.90 Å². The molecule has 0 radical (unpaired) electrons. The topological polar surface area (TPSA) is 87.8 Å². The molecule has 2 unspecified atom stereocenters. The first-order chi connectivity index (χ1) is 16.0. The van der Waals surface area contributed by atoms with Crippen LogP contribution < -0.4 is 11.1 Å². The Morgan fingerprint density at radius 3 is 2.24 bits per heavy atom. The molecule has 7 heteroatoms. The van der Waals surface area contributed by atoms with Crippen LogP contribution in [0.15, 0.2) is 82.8 Å². The van der Waals surface area contributed by atoms with E-state index in [9.17, 15) is 9.00 Å². The molecule has 0 aliphatic rings. The molecule has 0 spiro atoms. The summed E-state index contributed by atoms with van der Waals surface area (Å²) in [6.07, 6.45) is 1.58. The lowest BCUT2D eigenvalue weighted by atomic mass is 10.1. The Hall–Kier alpha value is -3.16. The van der Waals surface area contributed by atoms with Gasteiger partial charge in [-0.05, 0) is 78.7 Å². The number of carbonyl (C=O) groups excluding carboxylic acids is 1. The highest BCUT2D eigenvalue weighted by Gasteiger charge is 2.18. The molecule has 34 heavy (non-hydrogen) atoms. The first-order valence-corrected chi connectivity index (χ1v) is 13.0. The van der Waals surface area contributed by atoms with Crippen LogP contribution in [0.3, 0.4) is 0 Å². The third kappa shape index (κ3) is 8.32. The number of para-hydroxylation sites is 1. The average molecular weight is 483 g/mol. The maximum Gasteiger partial charge on any atom is 0.258 e. The molecule has 0 saturated heterocycles. The van der Waals surface area contributed by atoms with E-state index in [1.165, 1.54) is 0 Å². The van der Waals surface area contributed by atoms with Crippen LogP contribution in [0, 0.1) is 0 Å². The number of benzene rings is 2. The summed E-state index contributed by atoms with van der Waals surface area (Å²) in [4.78, 5) is 19.2. The van der Waals surface area contributed by atoms with Crippen molar-refractivity contribution < 1.29 is 9.00 Å². The number of nitrogens with zero attached hydrogens (tertiary/aromatic N) is 2. The number of rotatable bonds is 9. The number of carbonyl (C=O) groups is 1. The standard InChI is InChI=1S/C25H32N4O2S.C2H6/c1-18(16-27-24(26)20(3)25(30)28-22-10-8-7-9-11-22)21-12-14-23(15-13-21)32(6,31)19(2)17-29(4)5;1-2/h7-16,19H,3,6,17H2,1-2,4-5H3,(H2,26,27)(H,28,30);1-2H3/b18-16+;. The Kier molecular flexibility index (Phi) is 11.5. The van der Waals surface area contributed by atoms with Crippen LogP contribution in [-0.4, -0.2) is 52.6 Å². The average Bonchev–Trinajstić information content (AvgIpc) is 2.83. The minimum Gasteiger partial charge on any atom is -0.383 e. The summed E-state index contributed by atoms with van der Waals surface area (Å²) in [6, 6.07) is 16.5. The lowest BCUT2D eigenvalue weighted by Gasteiger charge is -2.21. The fourth-order valence-corrected chi connectivity index (χ4v) is 4.58. The predicted molar refractivity (Wildman–Crippen MR) is 149 cm³/mol. The van der Waals surface area contributed by atoms with Gasteiger partial charge >= 0.3 is 0 Å². The van der Waals surface area contributed by atoms with E-state index in [2.05, 4.69) is 22.8 Å². The smallest absolute Gasteiger partial charge is 0.258 e. The Morgan fingerprint density at radius 2 is 1.71 bits per heavy atom. The van der Waals surface area contributed by atoms with Crippen LogP contribution in [-0.2, 0) is 14.3 Å². The SMILES string of the molecule is C=C(C(=O)Nc1ccccc1)C(N)=N/C=C(\C)c1ccc(S(=C)(=O)C(C)CN(C)C)cc1.CC. The largest absolute Gasteiger partial charge is 0.383 e. The zero-order valence-electron chi connectivity index (χ0n) is 21.2. The molecule has 6 nitrogen and oxygen atoms in total. The Balaban J connectivity index is 0.00000281. The number of amides is 1. The van der Waals surface area contributed by atoms with E-state index < -0.39 is 15.4 Å². The summed E-state index contributed by atoms with van der Waals surface area (Å²) in [5, 5.41) is 2.65. The van der Waals surface area contributed by atoms with E-state index in [0.29, 0.717) is 12.2 Å². The summed E-state index contributed by atoms with van der Waals surface area (Å²) in [5.41, 5.74) is 8.43. The van der Waals surface area contributed by atoms with Gasteiger partial charge in [-0.3, -0.25) is 9.00 Å². The maximum atomic E-state index is 13.2. The molecule has 0 aliphatic carbocycles. The number of nitrogens with two attached hydrogens (primary N) is 1. The molecule has 2 aromatic carbocycles. The van der Waals surface area contributed by atoms with E-state index in [1.54, 1.807) is 18.3 Å². The van der Waals surface area contributed by atoms with Crippen molar-refractivity contribution in [2.75, 3.05) is 26.0 Å². The van der Waals surface area contributed by atoms with Crippen LogP contribution >= 0.6 is 0 Å². The predicted octanol–water partition coefficient (Wildman–Crippen LogP) is 4.65. The van der Waals surface area contributed by atoms with E-state index in [4.69, 9.17) is 5.73 Å². The van der Waals surface area contributed by atoms with Gasteiger partial charge in [-0.25, -0.2) is 4.99 Å². The van der Waals surface area contributed by atoms with E-state index in [-0.39, 0.29) is 16.7 Å². The van der Waals surface area contributed by atoms with E-state index in [0.717, 1.165) is 16.0 Å². The molecular weight excluding hydrogens is 444 g/mol. The summed E-state index contributed by atoms with van der Waals surface area (Å²) in [7, 11) is 1.49. The van der Waals surface area contributed by atoms with Gasteiger partial charge < -0.3 is 16.0 Å². The molecule has 0 heterocycles. The monoisotopic (exact) mass is 482 g/mol. The van der Waals surface area contributed by atoms with E-state index in [1.807, 2.05) is 89.2 Å². The van der Waals surface area contributed by atoms with Crippen molar-refractivity contribution in [2.24, 2.45) is 10.7 Å². The summed E-state index contributed by atoms with van der Waals surface area (Å²) < 4.78 is 13.2. The van der Waals surface area contributed by atoms with Gasteiger partial charge in [-0.15, -0.1) is 0 Å². The molecule has 0 aromatic heterocycles. The number of anilines is 1. The van der Waals surface area contributed by atoms with Gasteiger partial charge in [0.1, 0.15) is 5.84 Å². The summed E-state index contributed by atoms with van der Waals surface area (Å²) in [6.45, 7) is 12.3. The molecule has 0 fully saturated rings. The third-order valence-corrected chi connectivity index (χ3v) is 7.51. The van der Waals surface area contributed by atoms with Crippen molar-refractivity contribution in [1.29, 1.82) is 0 Å². The van der Waals surface area contributed by atoms with Gasteiger partial charge in [0.05, 0.1) is 5.57 Å². The van der Waals surface area contributed by atoms with Crippen LogP contribution in [0.2, 0.25) is 0 Å². The summed E-state index contributed by atoms with van der Waals surface area (Å²) >= 11 is 0. The molecule has 3 N–H and O–H groups in total. The molecule has 2 rings (SSSR count). The Bertz CT molecular complexity index is 1120. The zero-order valence-corrected chi connectivity index (χ0v) is 22.0.